The van der Waals surface area contributed by atoms with E-state index in [0.717, 1.165) is 0 Å². The Labute approximate surface area is 129 Å². The van der Waals surface area contributed by atoms with Gasteiger partial charge in [-0.2, -0.15) is 0 Å². The van der Waals surface area contributed by atoms with Gasteiger partial charge in [-0.1, -0.05) is 29.3 Å². The van der Waals surface area contributed by atoms with Crippen LogP contribution in [0.2, 0.25) is 10.0 Å². The lowest BCUT2D eigenvalue weighted by atomic mass is 10.3. The summed E-state index contributed by atoms with van der Waals surface area (Å²) < 4.78 is 0. The molecule has 0 bridgehead atoms. The second-order valence-electron chi connectivity index (χ2n) is 4.02. The Bertz CT molecular complexity index is 707. The molecule has 0 aliphatic heterocycles. The van der Waals surface area contributed by atoms with E-state index in [4.69, 9.17) is 23.2 Å². The van der Waals surface area contributed by atoms with Crippen molar-refractivity contribution in [3.8, 4) is 0 Å². The summed E-state index contributed by atoms with van der Waals surface area (Å²) in [6.07, 6.45) is 0. The summed E-state index contributed by atoms with van der Waals surface area (Å²) in [7, 11) is 0. The molecule has 8 heteroatoms. The number of hydrogen-bond acceptors (Lipinski definition) is 3. The first-order valence-electron chi connectivity index (χ1n) is 5.73. The second kappa shape index (κ2) is 6.43. The van der Waals surface area contributed by atoms with Gasteiger partial charge in [-0.15, -0.1) is 0 Å². The van der Waals surface area contributed by atoms with Crippen molar-refractivity contribution < 1.29 is 9.72 Å². The van der Waals surface area contributed by atoms with Gasteiger partial charge in [0.05, 0.1) is 15.0 Å². The molecule has 6 nitrogen and oxygen atoms in total. The third kappa shape index (κ3) is 4.08. The van der Waals surface area contributed by atoms with Crippen LogP contribution in [-0.4, -0.2) is 11.0 Å². The first-order chi connectivity index (χ1) is 9.95. The van der Waals surface area contributed by atoms with Crippen LogP contribution in [0.1, 0.15) is 0 Å². The SMILES string of the molecule is O=C(Nc1cccc([N+](=O)[O-])c1)Nc1ccc(Cl)c(Cl)c1. The molecule has 2 amide bonds. The summed E-state index contributed by atoms with van der Waals surface area (Å²) in [4.78, 5) is 21.9. The minimum absolute atomic E-state index is 0.109. The average Bonchev–Trinajstić information content (AvgIpc) is 2.43. The Balaban J connectivity index is 2.06. The molecule has 0 aliphatic rings. The fraction of sp³-hybridized carbons (Fsp3) is 0. The van der Waals surface area contributed by atoms with Gasteiger partial charge in [-0.25, -0.2) is 4.79 Å². The van der Waals surface area contributed by atoms with Crippen LogP contribution in [0.25, 0.3) is 0 Å². The minimum Gasteiger partial charge on any atom is -0.308 e. The van der Waals surface area contributed by atoms with Gasteiger partial charge in [-0.05, 0) is 24.3 Å². The van der Waals surface area contributed by atoms with Crippen molar-refractivity contribution in [2.24, 2.45) is 0 Å². The number of carbonyl (C=O) groups is 1. The van der Waals surface area contributed by atoms with Gasteiger partial charge in [0.25, 0.3) is 5.69 Å². The number of urea groups is 1. The lowest BCUT2D eigenvalue weighted by Gasteiger charge is -2.08. The van der Waals surface area contributed by atoms with E-state index in [1.165, 1.54) is 24.3 Å². The Morgan fingerprint density at radius 1 is 1.00 bits per heavy atom. The molecule has 0 aliphatic carbocycles. The highest BCUT2D eigenvalue weighted by molar-refractivity contribution is 6.42. The Kier molecular flexibility index (Phi) is 4.62. The zero-order valence-corrected chi connectivity index (χ0v) is 12.0. The molecule has 2 rings (SSSR count). The van der Waals surface area contributed by atoms with Gasteiger partial charge in [0.15, 0.2) is 0 Å². The summed E-state index contributed by atoms with van der Waals surface area (Å²) in [5.74, 6) is 0. The van der Waals surface area contributed by atoms with Gasteiger partial charge in [-0.3, -0.25) is 10.1 Å². The van der Waals surface area contributed by atoms with E-state index in [0.29, 0.717) is 21.4 Å². The number of anilines is 2. The van der Waals surface area contributed by atoms with E-state index < -0.39 is 11.0 Å². The van der Waals surface area contributed by atoms with Crippen molar-refractivity contribution in [2.75, 3.05) is 10.6 Å². The summed E-state index contributed by atoms with van der Waals surface area (Å²) in [5, 5.41) is 16.4. The van der Waals surface area contributed by atoms with Crippen LogP contribution in [0.3, 0.4) is 0 Å². The maximum atomic E-state index is 11.8. The van der Waals surface area contributed by atoms with Crippen LogP contribution in [-0.2, 0) is 0 Å². The molecule has 2 aromatic carbocycles. The fourth-order valence-electron chi connectivity index (χ4n) is 1.56. The molecule has 21 heavy (non-hydrogen) atoms. The molecule has 0 heterocycles. The second-order valence-corrected chi connectivity index (χ2v) is 4.83. The Morgan fingerprint density at radius 3 is 2.29 bits per heavy atom. The zero-order chi connectivity index (χ0) is 15.4. The van der Waals surface area contributed by atoms with E-state index in [9.17, 15) is 14.9 Å². The number of nitro benzene ring substituents is 1. The topological polar surface area (TPSA) is 84.3 Å². The Hall–Kier alpha value is -2.31. The molecule has 0 fully saturated rings. The van der Waals surface area contributed by atoms with Crippen molar-refractivity contribution in [3.05, 3.63) is 62.6 Å². The highest BCUT2D eigenvalue weighted by atomic mass is 35.5. The quantitative estimate of drug-likeness (QED) is 0.641. The molecule has 0 radical (unpaired) electrons. The minimum atomic E-state index is -0.547. The lowest BCUT2D eigenvalue weighted by molar-refractivity contribution is -0.384. The first kappa shape index (κ1) is 15.1. The molecule has 0 saturated carbocycles. The highest BCUT2D eigenvalue weighted by Crippen LogP contribution is 2.25. The number of nitrogens with one attached hydrogen (secondary N) is 2. The summed E-state index contributed by atoms with van der Waals surface area (Å²) in [5.41, 5.74) is 0.649. The number of nitrogens with zero attached hydrogens (tertiary/aromatic N) is 1. The number of amides is 2. The normalized spacial score (nSPS) is 10.0. The number of carbonyl (C=O) groups excluding carboxylic acids is 1. The molecule has 2 aromatic rings. The first-order valence-corrected chi connectivity index (χ1v) is 6.49. The predicted octanol–water partition coefficient (Wildman–Crippen LogP) is 4.55. The monoisotopic (exact) mass is 325 g/mol. The number of rotatable bonds is 3. The molecule has 0 saturated heterocycles. The van der Waals surface area contributed by atoms with E-state index in [1.807, 2.05) is 0 Å². The molecular formula is C13H9Cl2N3O3. The molecule has 2 N–H and O–H groups in total. The van der Waals surface area contributed by atoms with Gasteiger partial charge in [0.2, 0.25) is 0 Å². The number of non-ortho nitro benzene ring substituents is 1. The van der Waals surface area contributed by atoms with Crippen LogP contribution in [0.4, 0.5) is 21.9 Å². The fourth-order valence-corrected chi connectivity index (χ4v) is 1.86. The zero-order valence-electron chi connectivity index (χ0n) is 10.5. The Morgan fingerprint density at radius 2 is 1.67 bits per heavy atom. The molecular weight excluding hydrogens is 317 g/mol. The number of benzene rings is 2. The van der Waals surface area contributed by atoms with Crippen LogP contribution in [0.15, 0.2) is 42.5 Å². The van der Waals surface area contributed by atoms with Crippen molar-refractivity contribution in [1.29, 1.82) is 0 Å². The summed E-state index contributed by atoms with van der Waals surface area (Å²) in [6, 6.07) is 9.70. The van der Waals surface area contributed by atoms with E-state index in [-0.39, 0.29) is 5.69 Å². The van der Waals surface area contributed by atoms with Crippen LogP contribution in [0.5, 0.6) is 0 Å². The number of hydrogen-bond donors (Lipinski definition) is 2. The average molecular weight is 326 g/mol. The highest BCUT2D eigenvalue weighted by Gasteiger charge is 2.08. The van der Waals surface area contributed by atoms with Gasteiger partial charge < -0.3 is 10.6 Å². The molecule has 0 unspecified atom stereocenters. The summed E-state index contributed by atoms with van der Waals surface area (Å²) in [6.45, 7) is 0. The van der Waals surface area contributed by atoms with Crippen LogP contribution < -0.4 is 10.6 Å². The lowest BCUT2D eigenvalue weighted by Crippen LogP contribution is -2.19. The standard InChI is InChI=1S/C13H9Cl2N3O3/c14-11-5-4-9(7-12(11)15)17-13(19)16-8-2-1-3-10(6-8)18(20)21/h1-7H,(H2,16,17,19). The van der Waals surface area contributed by atoms with E-state index >= 15 is 0 Å². The van der Waals surface area contributed by atoms with Gasteiger partial charge in [0, 0.05) is 23.5 Å². The summed E-state index contributed by atoms with van der Waals surface area (Å²) >= 11 is 11.6. The maximum absolute atomic E-state index is 11.8. The van der Waals surface area contributed by atoms with Crippen molar-refractivity contribution in [2.45, 2.75) is 0 Å². The third-order valence-corrected chi connectivity index (χ3v) is 3.23. The van der Waals surface area contributed by atoms with Crippen molar-refractivity contribution in [1.82, 2.24) is 0 Å². The number of halogens is 2. The van der Waals surface area contributed by atoms with Gasteiger partial charge >= 0.3 is 6.03 Å². The number of nitro groups is 1. The largest absolute Gasteiger partial charge is 0.323 e. The smallest absolute Gasteiger partial charge is 0.308 e. The van der Waals surface area contributed by atoms with E-state index in [1.54, 1.807) is 18.2 Å². The molecule has 0 aromatic heterocycles. The van der Waals surface area contributed by atoms with Crippen molar-refractivity contribution >= 4 is 46.3 Å². The molecule has 108 valence electrons. The predicted molar refractivity (Wildman–Crippen MR) is 82.2 cm³/mol. The maximum Gasteiger partial charge on any atom is 0.323 e. The van der Waals surface area contributed by atoms with Crippen LogP contribution in [0, 0.1) is 10.1 Å². The van der Waals surface area contributed by atoms with Crippen LogP contribution >= 0.6 is 23.2 Å². The molecule has 0 spiro atoms. The molecule has 0 atom stereocenters. The van der Waals surface area contributed by atoms with Gasteiger partial charge in [0.1, 0.15) is 0 Å². The van der Waals surface area contributed by atoms with Crippen molar-refractivity contribution in [3.63, 3.8) is 0 Å². The van der Waals surface area contributed by atoms with E-state index in [2.05, 4.69) is 10.6 Å². The third-order valence-electron chi connectivity index (χ3n) is 2.49.